The molecule has 1 saturated heterocycles. The molecule has 11 heteroatoms. The molecule has 0 spiro atoms. The minimum Gasteiger partial charge on any atom is -0.748 e. The average Bonchev–Trinajstić information content (AvgIpc) is 2.30. The summed E-state index contributed by atoms with van der Waals surface area (Å²) >= 11 is 0. The molecule has 1 aliphatic heterocycles. The van der Waals surface area contributed by atoms with Gasteiger partial charge in [0, 0.05) is 25.1 Å². The predicted molar refractivity (Wildman–Crippen MR) is 64.7 cm³/mol. The summed E-state index contributed by atoms with van der Waals surface area (Å²) in [5.41, 5.74) is 0. The van der Waals surface area contributed by atoms with E-state index < -0.39 is 40.5 Å². The van der Waals surface area contributed by atoms with Gasteiger partial charge in [0.05, 0.1) is 22.3 Å². The maximum absolute atomic E-state index is 11.2. The van der Waals surface area contributed by atoms with Crippen LogP contribution in [0.15, 0.2) is 0 Å². The minimum atomic E-state index is -4.28. The molecule has 0 saturated carbocycles. The number of hydrogen-bond donors (Lipinski definition) is 3. The van der Waals surface area contributed by atoms with Crippen LogP contribution < -0.4 is 34.9 Å². The number of aliphatic hydroxyl groups is 2. The summed E-state index contributed by atoms with van der Waals surface area (Å²) in [5.74, 6) is -0.558. The van der Waals surface area contributed by atoms with Gasteiger partial charge in [-0.3, -0.25) is 0 Å². The summed E-state index contributed by atoms with van der Waals surface area (Å²) < 4.78 is 40.8. The Hall–Kier alpha value is 0.0600. The predicted octanol–water partition coefficient (Wildman–Crippen LogP) is -4.49. The van der Waals surface area contributed by atoms with Gasteiger partial charge in [-0.25, -0.2) is 13.2 Å². The first-order valence-corrected chi connectivity index (χ1v) is 7.70. The summed E-state index contributed by atoms with van der Waals surface area (Å²) in [4.78, 5) is 11.2. The van der Waals surface area contributed by atoms with Gasteiger partial charge in [0.15, 0.2) is 6.29 Å². The molecule has 1 amide bonds. The second-order valence-electron chi connectivity index (χ2n) is 4.48. The van der Waals surface area contributed by atoms with Crippen LogP contribution >= 0.6 is 0 Å². The zero-order valence-corrected chi connectivity index (χ0v) is 14.5. The zero-order valence-electron chi connectivity index (χ0n) is 11.7. The number of aliphatic hydroxyl groups excluding tert-OH is 2. The van der Waals surface area contributed by atoms with Crippen LogP contribution in [0.1, 0.15) is 19.3 Å². The van der Waals surface area contributed by atoms with Crippen molar-refractivity contribution < 1.29 is 67.0 Å². The normalized spacial score (nSPS) is 25.8. The van der Waals surface area contributed by atoms with Crippen molar-refractivity contribution >= 4 is 16.2 Å². The van der Waals surface area contributed by atoms with Crippen LogP contribution in [-0.4, -0.2) is 66.7 Å². The monoisotopic (exact) mass is 335 g/mol. The molecule has 1 aliphatic rings. The number of rotatable bonds is 6. The summed E-state index contributed by atoms with van der Waals surface area (Å²) in [6.45, 7) is -0.142. The van der Waals surface area contributed by atoms with E-state index in [2.05, 4.69) is 5.32 Å². The largest absolute Gasteiger partial charge is 1.00 e. The van der Waals surface area contributed by atoms with E-state index in [1.165, 1.54) is 0 Å². The molecule has 1 fully saturated rings. The molecule has 21 heavy (non-hydrogen) atoms. The van der Waals surface area contributed by atoms with E-state index in [-0.39, 0.29) is 62.0 Å². The van der Waals surface area contributed by atoms with Crippen molar-refractivity contribution in [3.63, 3.8) is 0 Å². The Morgan fingerprint density at radius 3 is 2.62 bits per heavy atom. The van der Waals surface area contributed by atoms with Crippen molar-refractivity contribution in [3.05, 3.63) is 0 Å². The fourth-order valence-electron chi connectivity index (χ4n) is 1.73. The van der Waals surface area contributed by atoms with Crippen molar-refractivity contribution in [2.24, 2.45) is 0 Å². The molecule has 9 nitrogen and oxygen atoms in total. The molecular formula is C10H18NNaO8S. The zero-order chi connectivity index (χ0) is 15.2. The van der Waals surface area contributed by atoms with Crippen molar-refractivity contribution in [2.75, 3.05) is 18.9 Å². The van der Waals surface area contributed by atoms with E-state index in [1.54, 1.807) is 0 Å². The van der Waals surface area contributed by atoms with Gasteiger partial charge in [-0.05, 0) is 6.42 Å². The second kappa shape index (κ2) is 9.95. The van der Waals surface area contributed by atoms with E-state index in [0.29, 0.717) is 0 Å². The van der Waals surface area contributed by atoms with Gasteiger partial charge >= 0.3 is 35.7 Å². The molecule has 118 valence electrons. The van der Waals surface area contributed by atoms with Gasteiger partial charge in [0.1, 0.15) is 6.61 Å². The molecule has 0 radical (unpaired) electrons. The van der Waals surface area contributed by atoms with Gasteiger partial charge in [-0.2, -0.15) is 0 Å². The van der Waals surface area contributed by atoms with Crippen LogP contribution in [-0.2, 0) is 19.6 Å². The molecule has 3 N–H and O–H groups in total. The molecule has 3 atom stereocenters. The molecule has 1 heterocycles. The SMILES string of the molecule is O=C(NCCCS(=O)(=O)[O-])OCC1CC(O)CC(O)O1.[Na+]. The topological polar surface area (TPSA) is 145 Å². The quantitative estimate of drug-likeness (QED) is 0.250. The summed E-state index contributed by atoms with van der Waals surface area (Å²) in [7, 11) is -4.28. The maximum atomic E-state index is 11.2. The first-order chi connectivity index (χ1) is 9.26. The molecule has 0 aromatic rings. The standard InChI is InChI=1S/C10H19NO8S.Na/c12-7-4-8(19-9(13)5-7)6-18-10(14)11-2-1-3-20(15,16)17;/h7-9,12-13H,1-6H2,(H,11,14)(H,15,16,17);/q;+1/p-1. The van der Waals surface area contributed by atoms with Crippen LogP contribution in [0.5, 0.6) is 0 Å². The van der Waals surface area contributed by atoms with Crippen molar-refractivity contribution in [1.82, 2.24) is 5.32 Å². The third-order valence-electron chi connectivity index (χ3n) is 2.60. The average molecular weight is 335 g/mol. The van der Waals surface area contributed by atoms with Crippen LogP contribution in [0.2, 0.25) is 0 Å². The Labute approximate surface area is 145 Å². The molecular weight excluding hydrogens is 317 g/mol. The molecule has 0 bridgehead atoms. The first-order valence-electron chi connectivity index (χ1n) is 6.12. The van der Waals surface area contributed by atoms with Crippen LogP contribution in [0.3, 0.4) is 0 Å². The summed E-state index contributed by atoms with van der Waals surface area (Å²) in [6.07, 6.45) is -2.81. The smallest absolute Gasteiger partial charge is 0.748 e. The second-order valence-corrected chi connectivity index (χ2v) is 6.00. The van der Waals surface area contributed by atoms with Crippen LogP contribution in [0.25, 0.3) is 0 Å². The number of alkyl carbamates (subject to hydrolysis) is 1. The van der Waals surface area contributed by atoms with Crippen molar-refractivity contribution in [1.29, 1.82) is 0 Å². The molecule has 0 aliphatic carbocycles. The molecule has 0 aromatic carbocycles. The van der Waals surface area contributed by atoms with Crippen molar-refractivity contribution in [2.45, 2.75) is 37.8 Å². The number of carbonyl (C=O) groups is 1. The van der Waals surface area contributed by atoms with E-state index in [0.717, 1.165) is 0 Å². The number of hydrogen-bond acceptors (Lipinski definition) is 8. The van der Waals surface area contributed by atoms with Gasteiger partial charge in [0.25, 0.3) is 0 Å². The Morgan fingerprint density at radius 1 is 1.38 bits per heavy atom. The third-order valence-corrected chi connectivity index (χ3v) is 3.39. The van der Waals surface area contributed by atoms with E-state index in [9.17, 15) is 28.0 Å². The Balaban J connectivity index is 0.00000400. The summed E-state index contributed by atoms with van der Waals surface area (Å²) in [5, 5.41) is 20.9. The molecule has 1 rings (SSSR count). The number of nitrogens with one attached hydrogen (secondary N) is 1. The fraction of sp³-hybridized carbons (Fsp3) is 0.900. The molecule has 0 aromatic heterocycles. The van der Waals surface area contributed by atoms with Crippen LogP contribution in [0, 0.1) is 0 Å². The van der Waals surface area contributed by atoms with Gasteiger partial charge in [-0.15, -0.1) is 0 Å². The first kappa shape index (κ1) is 21.1. The Kier molecular flexibility index (Phi) is 9.98. The van der Waals surface area contributed by atoms with Crippen molar-refractivity contribution in [3.8, 4) is 0 Å². The van der Waals surface area contributed by atoms with E-state index in [4.69, 9.17) is 9.47 Å². The maximum Gasteiger partial charge on any atom is 1.00 e. The number of ether oxygens (including phenoxy) is 2. The Bertz CT molecular complexity index is 407. The van der Waals surface area contributed by atoms with Gasteiger partial charge in [-0.1, -0.05) is 0 Å². The van der Waals surface area contributed by atoms with Crippen LogP contribution in [0.4, 0.5) is 4.79 Å². The minimum absolute atomic E-state index is 0. The van der Waals surface area contributed by atoms with E-state index >= 15 is 0 Å². The number of amides is 1. The molecule has 3 unspecified atom stereocenters. The summed E-state index contributed by atoms with van der Waals surface area (Å²) in [6, 6.07) is 0. The fourth-order valence-corrected chi connectivity index (χ4v) is 2.23. The number of carbonyl (C=O) groups excluding carboxylic acids is 1. The Morgan fingerprint density at radius 2 is 2.05 bits per heavy atom. The third kappa shape index (κ3) is 10.4. The van der Waals surface area contributed by atoms with E-state index in [1.807, 2.05) is 0 Å². The van der Waals surface area contributed by atoms with Gasteiger partial charge < -0.3 is 29.6 Å². The van der Waals surface area contributed by atoms with Gasteiger partial charge in [0.2, 0.25) is 0 Å².